The molecule has 80 valence electrons. The van der Waals surface area contributed by atoms with Crippen LogP contribution in [0.4, 0.5) is 0 Å². The summed E-state index contributed by atoms with van der Waals surface area (Å²) in [6, 6.07) is 4.09. The molecular weight excluding hydrogens is 186 g/mol. The molecule has 0 aliphatic carbocycles. The van der Waals surface area contributed by atoms with Gasteiger partial charge in [-0.1, -0.05) is 13.8 Å². The maximum absolute atomic E-state index is 4.34. The third-order valence-corrected chi connectivity index (χ3v) is 2.57. The van der Waals surface area contributed by atoms with Gasteiger partial charge in [0.1, 0.15) is 0 Å². The average Bonchev–Trinajstić information content (AvgIpc) is 2.86. The summed E-state index contributed by atoms with van der Waals surface area (Å²) >= 11 is 0. The zero-order chi connectivity index (χ0) is 10.7. The predicted molar refractivity (Wildman–Crippen MR) is 60.7 cm³/mol. The highest BCUT2D eigenvalue weighted by molar-refractivity contribution is 5.08. The molecule has 0 aliphatic rings. The van der Waals surface area contributed by atoms with Crippen molar-refractivity contribution in [2.45, 2.75) is 32.9 Å². The van der Waals surface area contributed by atoms with Crippen molar-refractivity contribution >= 4 is 0 Å². The van der Waals surface area contributed by atoms with Crippen molar-refractivity contribution in [1.29, 1.82) is 0 Å². The third-order valence-electron chi connectivity index (χ3n) is 2.57. The van der Waals surface area contributed by atoms with Crippen LogP contribution in [-0.4, -0.2) is 14.3 Å². The quantitative estimate of drug-likeness (QED) is 0.748. The number of aryl methyl sites for hydroxylation is 2. The molecule has 0 aliphatic heterocycles. The number of rotatable bonds is 4. The van der Waals surface area contributed by atoms with E-state index in [1.54, 1.807) is 0 Å². The van der Waals surface area contributed by atoms with Crippen LogP contribution in [0.1, 0.15) is 25.3 Å². The summed E-state index contributed by atoms with van der Waals surface area (Å²) < 4.78 is 4.17. The van der Waals surface area contributed by atoms with Crippen molar-refractivity contribution in [2.24, 2.45) is 0 Å². The van der Waals surface area contributed by atoms with Crippen LogP contribution in [-0.2, 0) is 13.1 Å². The van der Waals surface area contributed by atoms with Gasteiger partial charge in [-0.15, -0.1) is 0 Å². The second kappa shape index (κ2) is 4.34. The van der Waals surface area contributed by atoms with Crippen molar-refractivity contribution in [2.75, 3.05) is 0 Å². The molecule has 0 radical (unpaired) electrons. The molecule has 0 saturated heterocycles. The summed E-state index contributed by atoms with van der Waals surface area (Å²) in [5.74, 6) is 0.560. The highest BCUT2D eigenvalue weighted by atomic mass is 15.3. The Morgan fingerprint density at radius 2 is 1.93 bits per heavy atom. The topological polar surface area (TPSA) is 22.8 Å². The maximum atomic E-state index is 4.34. The summed E-state index contributed by atoms with van der Waals surface area (Å²) in [4.78, 5) is 0. The largest absolute Gasteiger partial charge is 0.352 e. The fraction of sp³-hybridized carbons (Fsp3) is 0.417. The number of hydrogen-bond donors (Lipinski definition) is 0. The minimum atomic E-state index is 0.560. The lowest BCUT2D eigenvalue weighted by Crippen LogP contribution is -2.05. The van der Waals surface area contributed by atoms with E-state index in [1.807, 2.05) is 23.0 Å². The molecule has 0 spiro atoms. The van der Waals surface area contributed by atoms with Crippen LogP contribution in [0, 0.1) is 0 Å². The van der Waals surface area contributed by atoms with Crippen LogP contribution in [0.25, 0.3) is 0 Å². The van der Waals surface area contributed by atoms with Gasteiger partial charge in [0.25, 0.3) is 0 Å². The van der Waals surface area contributed by atoms with E-state index in [9.17, 15) is 0 Å². The molecule has 2 aromatic heterocycles. The Morgan fingerprint density at radius 3 is 2.53 bits per heavy atom. The smallest absolute Gasteiger partial charge is 0.0588 e. The summed E-state index contributed by atoms with van der Waals surface area (Å²) in [6.07, 6.45) is 8.24. The van der Waals surface area contributed by atoms with Gasteiger partial charge in [-0.3, -0.25) is 4.68 Å². The second-order valence-corrected chi connectivity index (χ2v) is 4.11. The summed E-state index contributed by atoms with van der Waals surface area (Å²) in [5, 5.41) is 4.34. The molecule has 3 heteroatoms. The summed E-state index contributed by atoms with van der Waals surface area (Å²) in [5.41, 5.74) is 1.31. The highest BCUT2D eigenvalue weighted by Gasteiger charge is 2.02. The van der Waals surface area contributed by atoms with Gasteiger partial charge in [0.2, 0.25) is 0 Å². The van der Waals surface area contributed by atoms with Gasteiger partial charge in [0.05, 0.1) is 12.7 Å². The first-order valence-corrected chi connectivity index (χ1v) is 5.39. The molecule has 0 aromatic carbocycles. The molecule has 0 unspecified atom stereocenters. The monoisotopic (exact) mass is 203 g/mol. The first-order valence-electron chi connectivity index (χ1n) is 5.39. The Balaban J connectivity index is 1.94. The normalized spacial score (nSPS) is 11.1. The van der Waals surface area contributed by atoms with Crippen LogP contribution in [0.5, 0.6) is 0 Å². The van der Waals surface area contributed by atoms with Crippen LogP contribution in [0.3, 0.4) is 0 Å². The second-order valence-electron chi connectivity index (χ2n) is 4.11. The highest BCUT2D eigenvalue weighted by Crippen LogP contribution is 2.12. The molecule has 15 heavy (non-hydrogen) atoms. The summed E-state index contributed by atoms with van der Waals surface area (Å²) in [7, 11) is 0. The van der Waals surface area contributed by atoms with E-state index in [0.717, 1.165) is 13.1 Å². The molecular formula is C12H17N3. The molecule has 0 saturated carbocycles. The van der Waals surface area contributed by atoms with E-state index in [4.69, 9.17) is 0 Å². The van der Waals surface area contributed by atoms with Crippen LogP contribution < -0.4 is 0 Å². The lowest BCUT2D eigenvalue weighted by atomic mass is 10.1. The molecule has 0 fully saturated rings. The van der Waals surface area contributed by atoms with Crippen molar-refractivity contribution < 1.29 is 0 Å². The van der Waals surface area contributed by atoms with Gasteiger partial charge in [0.15, 0.2) is 0 Å². The SMILES string of the molecule is CC(C)c1cnn(CCn2cccc2)c1. The van der Waals surface area contributed by atoms with Gasteiger partial charge in [-0.25, -0.2) is 0 Å². The fourth-order valence-electron chi connectivity index (χ4n) is 1.54. The van der Waals surface area contributed by atoms with Crippen LogP contribution >= 0.6 is 0 Å². The molecule has 2 aromatic rings. The molecule has 2 heterocycles. The van der Waals surface area contributed by atoms with Crippen molar-refractivity contribution in [1.82, 2.24) is 14.3 Å². The zero-order valence-electron chi connectivity index (χ0n) is 9.30. The standard InChI is InChI=1S/C12H17N3/c1-11(2)12-9-13-15(10-12)8-7-14-5-3-4-6-14/h3-6,9-11H,7-8H2,1-2H3. The van der Waals surface area contributed by atoms with Gasteiger partial charge in [0, 0.05) is 25.1 Å². The first-order chi connectivity index (χ1) is 7.25. The van der Waals surface area contributed by atoms with E-state index in [0.29, 0.717) is 5.92 Å². The lowest BCUT2D eigenvalue weighted by Gasteiger charge is -2.03. The number of aromatic nitrogens is 3. The third kappa shape index (κ3) is 2.49. The molecule has 3 nitrogen and oxygen atoms in total. The summed E-state index contributed by atoms with van der Waals surface area (Å²) in [6.45, 7) is 6.29. The first kappa shape index (κ1) is 10.0. The van der Waals surface area contributed by atoms with E-state index < -0.39 is 0 Å². The Hall–Kier alpha value is -1.51. The van der Waals surface area contributed by atoms with Crippen molar-refractivity contribution in [3.63, 3.8) is 0 Å². The van der Waals surface area contributed by atoms with E-state index in [-0.39, 0.29) is 0 Å². The number of nitrogens with zero attached hydrogens (tertiary/aromatic N) is 3. The molecule has 0 bridgehead atoms. The number of hydrogen-bond acceptors (Lipinski definition) is 1. The van der Waals surface area contributed by atoms with E-state index >= 15 is 0 Å². The van der Waals surface area contributed by atoms with E-state index in [1.165, 1.54) is 5.56 Å². The van der Waals surface area contributed by atoms with E-state index in [2.05, 4.69) is 42.1 Å². The molecule has 0 N–H and O–H groups in total. The Kier molecular flexibility index (Phi) is 2.90. The van der Waals surface area contributed by atoms with Crippen molar-refractivity contribution in [3.05, 3.63) is 42.5 Å². The average molecular weight is 203 g/mol. The van der Waals surface area contributed by atoms with Crippen molar-refractivity contribution in [3.8, 4) is 0 Å². The van der Waals surface area contributed by atoms with Gasteiger partial charge < -0.3 is 4.57 Å². The molecule has 2 rings (SSSR count). The molecule has 0 atom stereocenters. The maximum Gasteiger partial charge on any atom is 0.0588 e. The van der Waals surface area contributed by atoms with Gasteiger partial charge in [-0.05, 0) is 23.6 Å². The van der Waals surface area contributed by atoms with Crippen LogP contribution in [0.15, 0.2) is 36.9 Å². The Morgan fingerprint density at radius 1 is 1.20 bits per heavy atom. The van der Waals surface area contributed by atoms with Crippen LogP contribution in [0.2, 0.25) is 0 Å². The fourth-order valence-corrected chi connectivity index (χ4v) is 1.54. The zero-order valence-corrected chi connectivity index (χ0v) is 9.30. The van der Waals surface area contributed by atoms with Gasteiger partial charge in [-0.2, -0.15) is 5.10 Å². The Bertz CT molecular complexity index is 398. The molecule has 0 amide bonds. The minimum absolute atomic E-state index is 0.560. The minimum Gasteiger partial charge on any atom is -0.352 e. The lowest BCUT2D eigenvalue weighted by molar-refractivity contribution is 0.534. The predicted octanol–water partition coefficient (Wildman–Crippen LogP) is 2.51. The Labute approximate surface area is 90.3 Å². The van der Waals surface area contributed by atoms with Gasteiger partial charge >= 0.3 is 0 Å².